The van der Waals surface area contributed by atoms with E-state index in [0.717, 1.165) is 5.56 Å². The van der Waals surface area contributed by atoms with E-state index in [0.29, 0.717) is 5.69 Å². The Morgan fingerprint density at radius 1 is 1.33 bits per heavy atom. The second-order valence-corrected chi connectivity index (χ2v) is 3.95. The van der Waals surface area contributed by atoms with Gasteiger partial charge in [0, 0.05) is 12.4 Å². The summed E-state index contributed by atoms with van der Waals surface area (Å²) in [6.45, 7) is 1.89. The zero-order valence-corrected chi connectivity index (χ0v) is 10.1. The lowest BCUT2D eigenvalue weighted by Crippen LogP contribution is -2.37. The first-order chi connectivity index (χ1) is 8.60. The van der Waals surface area contributed by atoms with Gasteiger partial charge in [0.15, 0.2) is 5.54 Å². The topological polar surface area (TPSA) is 68.6 Å². The van der Waals surface area contributed by atoms with Crippen LogP contribution in [0.25, 0.3) is 0 Å². The molecule has 1 aliphatic rings. The van der Waals surface area contributed by atoms with Crippen LogP contribution in [-0.2, 0) is 19.9 Å². The van der Waals surface area contributed by atoms with Crippen LogP contribution in [-0.4, -0.2) is 30.1 Å². The van der Waals surface area contributed by atoms with E-state index in [1.165, 1.54) is 13.3 Å². The van der Waals surface area contributed by atoms with Gasteiger partial charge in [-0.25, -0.2) is 4.79 Å². The van der Waals surface area contributed by atoms with Crippen molar-refractivity contribution in [2.45, 2.75) is 12.5 Å². The molecule has 18 heavy (non-hydrogen) atoms. The van der Waals surface area contributed by atoms with Crippen molar-refractivity contribution in [3.8, 4) is 0 Å². The lowest BCUT2D eigenvalue weighted by Gasteiger charge is -2.20. The highest BCUT2D eigenvalue weighted by Crippen LogP contribution is 2.30. The Morgan fingerprint density at radius 3 is 2.61 bits per heavy atom. The molecule has 5 nitrogen and oxygen atoms in total. The third-order valence-corrected chi connectivity index (χ3v) is 2.72. The Bertz CT molecular complexity index is 532. The largest absolute Gasteiger partial charge is 0.463 e. The van der Waals surface area contributed by atoms with E-state index >= 15 is 0 Å². The highest BCUT2D eigenvalue weighted by molar-refractivity contribution is 6.38. The van der Waals surface area contributed by atoms with Gasteiger partial charge in [0.2, 0.25) is 0 Å². The number of aromatic nitrogens is 1. The summed E-state index contributed by atoms with van der Waals surface area (Å²) >= 11 is 0. The number of ketones is 1. The first-order valence-electron chi connectivity index (χ1n) is 5.39. The molecule has 0 bridgehead atoms. The average molecular weight is 244 g/mol. The van der Waals surface area contributed by atoms with Gasteiger partial charge in [-0.05, 0) is 30.7 Å². The normalized spacial score (nSPS) is 21.0. The van der Waals surface area contributed by atoms with Gasteiger partial charge >= 0.3 is 5.97 Å². The summed E-state index contributed by atoms with van der Waals surface area (Å²) in [7, 11) is 1.17. The molecule has 0 N–H and O–H groups in total. The quantitative estimate of drug-likeness (QED) is 0.587. The molecule has 0 saturated carbocycles. The Kier molecular flexibility index (Phi) is 3.06. The van der Waals surface area contributed by atoms with Crippen molar-refractivity contribution in [3.63, 3.8) is 0 Å². The van der Waals surface area contributed by atoms with Crippen molar-refractivity contribution in [2.24, 2.45) is 4.99 Å². The van der Waals surface area contributed by atoms with E-state index in [9.17, 15) is 9.59 Å². The number of ether oxygens (including phenoxy) is 1. The number of esters is 1. The summed E-state index contributed by atoms with van der Waals surface area (Å²) in [6, 6.07) is 3.50. The molecule has 1 aromatic heterocycles. The third kappa shape index (κ3) is 1.84. The molecule has 1 atom stereocenters. The van der Waals surface area contributed by atoms with Crippen molar-refractivity contribution < 1.29 is 14.3 Å². The number of carbonyl (C=O) groups is 2. The molecule has 0 spiro atoms. The zero-order chi connectivity index (χ0) is 13.2. The fraction of sp³-hybridized carbons (Fsp3) is 0.231. The summed E-state index contributed by atoms with van der Waals surface area (Å²) in [4.78, 5) is 31.8. The van der Waals surface area contributed by atoms with Crippen LogP contribution in [0.2, 0.25) is 0 Å². The van der Waals surface area contributed by atoms with Crippen molar-refractivity contribution in [3.05, 3.63) is 41.7 Å². The molecular weight excluding hydrogens is 232 g/mol. The van der Waals surface area contributed by atoms with Gasteiger partial charge in [-0.1, -0.05) is 6.07 Å². The van der Waals surface area contributed by atoms with Gasteiger partial charge in [-0.15, -0.1) is 0 Å². The molecular formula is C13H12N2O3. The monoisotopic (exact) mass is 244 g/mol. The van der Waals surface area contributed by atoms with E-state index in [2.05, 4.69) is 14.7 Å². The lowest BCUT2D eigenvalue weighted by atomic mass is 9.90. The molecule has 1 aromatic rings. The molecule has 0 saturated heterocycles. The highest BCUT2D eigenvalue weighted by Gasteiger charge is 2.44. The zero-order valence-electron chi connectivity index (χ0n) is 10.1. The van der Waals surface area contributed by atoms with Crippen LogP contribution in [0.3, 0.4) is 0 Å². The SMILES string of the molecule is COC(=O)C(=O)C1(c2ccc(C)cn2)C=CC=N1. The molecule has 0 fully saturated rings. The number of nitrogens with zero attached hydrogens (tertiary/aromatic N) is 2. The van der Waals surface area contributed by atoms with E-state index in [1.807, 2.05) is 13.0 Å². The van der Waals surface area contributed by atoms with Crippen molar-refractivity contribution in [1.82, 2.24) is 4.98 Å². The number of Topliss-reactive ketones (excluding diaryl/α,β-unsaturated/α-hetero) is 1. The standard InChI is InChI=1S/C13H12N2O3/c1-9-4-5-10(14-8-9)13(6-3-7-15-13)11(16)12(17)18-2/h3-8H,1-2H3. The van der Waals surface area contributed by atoms with Crippen LogP contribution in [0.15, 0.2) is 35.5 Å². The maximum absolute atomic E-state index is 12.1. The smallest absolute Gasteiger partial charge is 0.377 e. The van der Waals surface area contributed by atoms with Crippen LogP contribution < -0.4 is 0 Å². The van der Waals surface area contributed by atoms with Crippen molar-refractivity contribution in [2.75, 3.05) is 7.11 Å². The van der Waals surface area contributed by atoms with Gasteiger partial charge in [0.25, 0.3) is 5.78 Å². The number of carbonyl (C=O) groups excluding carboxylic acids is 2. The average Bonchev–Trinajstić information content (AvgIpc) is 2.88. The molecule has 0 amide bonds. The summed E-state index contributed by atoms with van der Waals surface area (Å²) in [6.07, 6.45) is 6.26. The molecule has 0 aliphatic carbocycles. The number of aryl methyl sites for hydroxylation is 1. The maximum atomic E-state index is 12.1. The molecule has 1 unspecified atom stereocenters. The maximum Gasteiger partial charge on any atom is 0.377 e. The van der Waals surface area contributed by atoms with Crippen molar-refractivity contribution in [1.29, 1.82) is 0 Å². The molecule has 0 aromatic carbocycles. The predicted molar refractivity (Wildman–Crippen MR) is 65.3 cm³/mol. The van der Waals surface area contributed by atoms with Gasteiger partial charge in [0.05, 0.1) is 12.8 Å². The van der Waals surface area contributed by atoms with Crippen molar-refractivity contribution >= 4 is 18.0 Å². The number of methoxy groups -OCH3 is 1. The number of aliphatic imine (C=N–C) groups is 1. The minimum Gasteiger partial charge on any atom is -0.463 e. The summed E-state index contributed by atoms with van der Waals surface area (Å²) < 4.78 is 4.47. The van der Waals surface area contributed by atoms with Crippen LogP contribution >= 0.6 is 0 Å². The van der Waals surface area contributed by atoms with E-state index in [-0.39, 0.29) is 0 Å². The summed E-state index contributed by atoms with van der Waals surface area (Å²) in [5, 5.41) is 0. The fourth-order valence-electron chi connectivity index (χ4n) is 1.73. The summed E-state index contributed by atoms with van der Waals surface area (Å²) in [5.74, 6) is -1.67. The van der Waals surface area contributed by atoms with Crippen LogP contribution in [0.5, 0.6) is 0 Å². The van der Waals surface area contributed by atoms with Gasteiger partial charge in [-0.2, -0.15) is 0 Å². The minimum atomic E-state index is -1.37. The van der Waals surface area contributed by atoms with Crippen LogP contribution in [0, 0.1) is 6.92 Å². The van der Waals surface area contributed by atoms with E-state index < -0.39 is 17.3 Å². The molecule has 0 radical (unpaired) electrons. The third-order valence-electron chi connectivity index (χ3n) is 2.72. The highest BCUT2D eigenvalue weighted by atomic mass is 16.5. The first kappa shape index (κ1) is 12.2. The number of rotatable bonds is 3. The Balaban J connectivity index is 2.49. The van der Waals surface area contributed by atoms with Crippen LogP contribution in [0.4, 0.5) is 0 Å². The van der Waals surface area contributed by atoms with Crippen LogP contribution in [0.1, 0.15) is 11.3 Å². The molecule has 1 aliphatic heterocycles. The number of hydrogen-bond acceptors (Lipinski definition) is 5. The molecule has 2 heterocycles. The Hall–Kier alpha value is -2.30. The number of hydrogen-bond donors (Lipinski definition) is 0. The summed E-state index contributed by atoms with van der Waals surface area (Å²) in [5.41, 5.74) is -0.000256. The van der Waals surface area contributed by atoms with Gasteiger partial charge < -0.3 is 4.74 Å². The van der Waals surface area contributed by atoms with Gasteiger partial charge in [-0.3, -0.25) is 14.8 Å². The Morgan fingerprint density at radius 2 is 2.11 bits per heavy atom. The second kappa shape index (κ2) is 4.52. The first-order valence-corrected chi connectivity index (χ1v) is 5.39. The molecule has 2 rings (SSSR count). The van der Waals surface area contributed by atoms with E-state index in [4.69, 9.17) is 0 Å². The number of allylic oxidation sites excluding steroid dienone is 1. The number of pyridine rings is 1. The Labute approximate surface area is 104 Å². The van der Waals surface area contributed by atoms with E-state index in [1.54, 1.807) is 24.4 Å². The fourth-order valence-corrected chi connectivity index (χ4v) is 1.73. The van der Waals surface area contributed by atoms with Gasteiger partial charge in [0.1, 0.15) is 0 Å². The lowest BCUT2D eigenvalue weighted by molar-refractivity contribution is -0.153. The second-order valence-electron chi connectivity index (χ2n) is 3.95. The molecule has 92 valence electrons. The minimum absolute atomic E-state index is 0.411. The molecule has 5 heteroatoms. The predicted octanol–water partition coefficient (Wildman–Crippen LogP) is 0.968.